The molecular weight excluding hydrogens is 226 g/mol. The maximum Gasteiger partial charge on any atom is 0.122 e. The Morgan fingerprint density at radius 2 is 2.06 bits per heavy atom. The summed E-state index contributed by atoms with van der Waals surface area (Å²) in [6, 6.07) is 6.24. The zero-order valence-corrected chi connectivity index (χ0v) is 11.9. The van der Waals surface area contributed by atoms with Gasteiger partial charge >= 0.3 is 0 Å². The fraction of sp³-hybridized carbons (Fsp3) is 0.600. The van der Waals surface area contributed by atoms with E-state index in [1.165, 1.54) is 5.56 Å². The van der Waals surface area contributed by atoms with E-state index in [-0.39, 0.29) is 12.0 Å². The summed E-state index contributed by atoms with van der Waals surface area (Å²) in [5.74, 6) is 0.955. The lowest BCUT2D eigenvalue weighted by Gasteiger charge is -2.22. The van der Waals surface area contributed by atoms with Crippen LogP contribution in [0.4, 0.5) is 0 Å². The molecule has 0 spiro atoms. The second-order valence-electron chi connectivity index (χ2n) is 5.46. The number of aliphatic hydroxyl groups excluding tert-OH is 1. The first kappa shape index (κ1) is 15.0. The van der Waals surface area contributed by atoms with Crippen molar-refractivity contribution in [1.29, 1.82) is 0 Å². The molecule has 1 aromatic carbocycles. The molecule has 18 heavy (non-hydrogen) atoms. The molecule has 0 unspecified atom stereocenters. The largest absolute Gasteiger partial charge is 0.494 e. The molecule has 0 bridgehead atoms. The van der Waals surface area contributed by atoms with Crippen molar-refractivity contribution in [1.82, 2.24) is 5.32 Å². The fourth-order valence-electron chi connectivity index (χ4n) is 1.74. The maximum absolute atomic E-state index is 9.17. The summed E-state index contributed by atoms with van der Waals surface area (Å²) in [5.41, 5.74) is 2.34. The summed E-state index contributed by atoms with van der Waals surface area (Å²) in [4.78, 5) is 0. The fourth-order valence-corrected chi connectivity index (χ4v) is 1.74. The standard InChI is InChI=1S/C15H25NO2/c1-5-18-14-7-6-13(8-12(14)2)9-16-10-15(3,4)11-17/h6-8,16-17H,5,9-11H2,1-4H3. The monoisotopic (exact) mass is 251 g/mol. The van der Waals surface area contributed by atoms with Crippen LogP contribution >= 0.6 is 0 Å². The van der Waals surface area contributed by atoms with Gasteiger partial charge in [0.05, 0.1) is 6.61 Å². The summed E-state index contributed by atoms with van der Waals surface area (Å²) in [6.07, 6.45) is 0. The van der Waals surface area contributed by atoms with Crippen LogP contribution in [-0.4, -0.2) is 24.9 Å². The van der Waals surface area contributed by atoms with E-state index in [9.17, 15) is 5.11 Å². The number of benzene rings is 1. The number of aliphatic hydroxyl groups is 1. The van der Waals surface area contributed by atoms with E-state index < -0.39 is 0 Å². The van der Waals surface area contributed by atoms with Crippen LogP contribution in [-0.2, 0) is 6.54 Å². The predicted octanol–water partition coefficient (Wildman–Crippen LogP) is 2.50. The van der Waals surface area contributed by atoms with Crippen LogP contribution in [0, 0.1) is 12.3 Å². The molecule has 0 aliphatic rings. The van der Waals surface area contributed by atoms with E-state index in [2.05, 4.69) is 24.4 Å². The van der Waals surface area contributed by atoms with Gasteiger partial charge in [-0.15, -0.1) is 0 Å². The number of ether oxygens (including phenoxy) is 1. The average molecular weight is 251 g/mol. The highest BCUT2D eigenvalue weighted by Gasteiger charge is 2.15. The van der Waals surface area contributed by atoms with Gasteiger partial charge in [-0.3, -0.25) is 0 Å². The molecule has 0 heterocycles. The molecule has 1 aromatic rings. The van der Waals surface area contributed by atoms with Crippen molar-refractivity contribution in [2.75, 3.05) is 19.8 Å². The molecule has 0 aliphatic carbocycles. The van der Waals surface area contributed by atoms with Crippen LogP contribution in [0.2, 0.25) is 0 Å². The minimum absolute atomic E-state index is 0.0691. The van der Waals surface area contributed by atoms with Crippen LogP contribution in [0.1, 0.15) is 31.9 Å². The SMILES string of the molecule is CCOc1ccc(CNCC(C)(C)CO)cc1C. The topological polar surface area (TPSA) is 41.5 Å². The summed E-state index contributed by atoms with van der Waals surface area (Å²) >= 11 is 0. The molecule has 0 aromatic heterocycles. The lowest BCUT2D eigenvalue weighted by Crippen LogP contribution is -2.31. The van der Waals surface area contributed by atoms with E-state index in [1.54, 1.807) is 0 Å². The predicted molar refractivity (Wildman–Crippen MR) is 74.9 cm³/mol. The van der Waals surface area contributed by atoms with Gasteiger partial charge in [0.1, 0.15) is 5.75 Å². The summed E-state index contributed by atoms with van der Waals surface area (Å²) in [6.45, 7) is 10.7. The van der Waals surface area contributed by atoms with E-state index in [0.29, 0.717) is 6.61 Å². The molecule has 102 valence electrons. The van der Waals surface area contributed by atoms with Crippen molar-refractivity contribution < 1.29 is 9.84 Å². The zero-order chi connectivity index (χ0) is 13.6. The third kappa shape index (κ3) is 4.67. The zero-order valence-electron chi connectivity index (χ0n) is 11.9. The molecule has 3 nitrogen and oxygen atoms in total. The molecule has 3 heteroatoms. The third-order valence-electron chi connectivity index (χ3n) is 2.90. The van der Waals surface area contributed by atoms with Crippen LogP contribution in [0.15, 0.2) is 18.2 Å². The molecule has 0 saturated heterocycles. The van der Waals surface area contributed by atoms with E-state index in [4.69, 9.17) is 4.74 Å². The van der Waals surface area contributed by atoms with Crippen LogP contribution in [0.5, 0.6) is 5.75 Å². The minimum Gasteiger partial charge on any atom is -0.494 e. The molecule has 0 fully saturated rings. The van der Waals surface area contributed by atoms with Crippen LogP contribution < -0.4 is 10.1 Å². The molecule has 0 amide bonds. The third-order valence-corrected chi connectivity index (χ3v) is 2.90. The Kier molecular flexibility index (Phi) is 5.63. The van der Waals surface area contributed by atoms with E-state index in [0.717, 1.165) is 24.4 Å². The highest BCUT2D eigenvalue weighted by atomic mass is 16.5. The molecule has 0 aliphatic heterocycles. The Labute approximate surface area is 110 Å². The van der Waals surface area contributed by atoms with Gasteiger partial charge in [0.2, 0.25) is 0 Å². The Bertz CT molecular complexity index is 375. The Balaban J connectivity index is 2.51. The van der Waals surface area contributed by atoms with Gasteiger partial charge in [-0.2, -0.15) is 0 Å². The van der Waals surface area contributed by atoms with Crippen LogP contribution in [0.3, 0.4) is 0 Å². The lowest BCUT2D eigenvalue weighted by atomic mass is 9.95. The molecule has 0 radical (unpaired) electrons. The summed E-state index contributed by atoms with van der Waals surface area (Å²) in [7, 11) is 0. The summed E-state index contributed by atoms with van der Waals surface area (Å²) < 4.78 is 5.51. The second-order valence-corrected chi connectivity index (χ2v) is 5.46. The van der Waals surface area contributed by atoms with Gasteiger partial charge in [0.25, 0.3) is 0 Å². The summed E-state index contributed by atoms with van der Waals surface area (Å²) in [5, 5.41) is 12.5. The first-order valence-corrected chi connectivity index (χ1v) is 6.52. The molecule has 0 saturated carbocycles. The first-order chi connectivity index (χ1) is 8.48. The molecule has 1 rings (SSSR count). The highest BCUT2D eigenvalue weighted by Crippen LogP contribution is 2.19. The van der Waals surface area contributed by atoms with Gasteiger partial charge in [-0.25, -0.2) is 0 Å². The number of aryl methyl sites for hydroxylation is 1. The minimum atomic E-state index is -0.0691. The second kappa shape index (κ2) is 6.76. The lowest BCUT2D eigenvalue weighted by molar-refractivity contribution is 0.156. The number of nitrogens with one attached hydrogen (secondary N) is 1. The van der Waals surface area contributed by atoms with Gasteiger partial charge in [-0.1, -0.05) is 26.0 Å². The maximum atomic E-state index is 9.17. The Morgan fingerprint density at radius 1 is 1.33 bits per heavy atom. The number of rotatable bonds is 7. The van der Waals surface area contributed by atoms with Crippen molar-refractivity contribution in [2.24, 2.45) is 5.41 Å². The van der Waals surface area contributed by atoms with Gasteiger partial charge < -0.3 is 15.2 Å². The normalized spacial score (nSPS) is 11.6. The number of hydrogen-bond donors (Lipinski definition) is 2. The van der Waals surface area contributed by atoms with Crippen LogP contribution in [0.25, 0.3) is 0 Å². The van der Waals surface area contributed by atoms with Gasteiger partial charge in [-0.05, 0) is 31.0 Å². The van der Waals surface area contributed by atoms with Crippen molar-refractivity contribution in [3.05, 3.63) is 29.3 Å². The highest BCUT2D eigenvalue weighted by molar-refractivity contribution is 5.36. The van der Waals surface area contributed by atoms with Crippen molar-refractivity contribution in [2.45, 2.75) is 34.2 Å². The molecular formula is C15H25NO2. The average Bonchev–Trinajstić information content (AvgIpc) is 2.32. The molecule has 0 atom stereocenters. The van der Waals surface area contributed by atoms with Crippen molar-refractivity contribution in [3.8, 4) is 5.75 Å². The smallest absolute Gasteiger partial charge is 0.122 e. The van der Waals surface area contributed by atoms with Crippen molar-refractivity contribution in [3.63, 3.8) is 0 Å². The van der Waals surface area contributed by atoms with E-state index in [1.807, 2.05) is 26.8 Å². The quantitative estimate of drug-likeness (QED) is 0.782. The number of hydrogen-bond acceptors (Lipinski definition) is 3. The molecule has 2 N–H and O–H groups in total. The van der Waals surface area contributed by atoms with Gasteiger partial charge in [0.15, 0.2) is 0 Å². The Hall–Kier alpha value is -1.06. The van der Waals surface area contributed by atoms with Crippen molar-refractivity contribution >= 4 is 0 Å². The van der Waals surface area contributed by atoms with E-state index >= 15 is 0 Å². The van der Waals surface area contributed by atoms with Gasteiger partial charge in [0, 0.05) is 25.1 Å². The Morgan fingerprint density at radius 3 is 2.61 bits per heavy atom. The first-order valence-electron chi connectivity index (χ1n) is 6.52.